The van der Waals surface area contributed by atoms with E-state index in [2.05, 4.69) is 31.4 Å². The van der Waals surface area contributed by atoms with Gasteiger partial charge in [0.2, 0.25) is 0 Å². The maximum atomic E-state index is 13.7. The first-order valence-corrected chi connectivity index (χ1v) is 13.7. The number of amides is 1. The number of para-hydroxylation sites is 1. The van der Waals surface area contributed by atoms with Crippen molar-refractivity contribution in [2.45, 2.75) is 46.3 Å². The third-order valence-electron chi connectivity index (χ3n) is 6.63. The second-order valence-corrected chi connectivity index (χ2v) is 10.5. The summed E-state index contributed by atoms with van der Waals surface area (Å²) in [6.45, 7) is 16.4. The number of morpholine rings is 1. The van der Waals surface area contributed by atoms with Crippen molar-refractivity contribution in [1.29, 1.82) is 0 Å². The fourth-order valence-corrected chi connectivity index (χ4v) is 4.79. The number of hydrogen-bond acceptors (Lipinski definition) is 7. The lowest BCUT2D eigenvalue weighted by Crippen LogP contribution is -2.51. The van der Waals surface area contributed by atoms with E-state index in [1.165, 1.54) is 0 Å². The quantitative estimate of drug-likeness (QED) is 0.500. The number of allylic oxidation sites excluding steroid dienone is 2. The normalized spacial score (nSPS) is 21.9. The van der Waals surface area contributed by atoms with Crippen LogP contribution >= 0.6 is 0 Å². The van der Waals surface area contributed by atoms with Gasteiger partial charge in [0.15, 0.2) is 23.0 Å². The van der Waals surface area contributed by atoms with Gasteiger partial charge in [-0.15, -0.1) is 0 Å². The summed E-state index contributed by atoms with van der Waals surface area (Å²) in [6, 6.07) is 6.03. The molecule has 1 amide bonds. The SMILES string of the molecule is C=C1OCCCO/C1=C/C=C(\C)CN(CC(C)C)C(=O)C1CN(Cc2cccc3c2OCCCO3)CCO1. The Bertz CT molecular complexity index is 1030. The summed E-state index contributed by atoms with van der Waals surface area (Å²) < 4.78 is 29.2. The van der Waals surface area contributed by atoms with E-state index in [0.717, 1.165) is 42.0 Å². The van der Waals surface area contributed by atoms with E-state index in [-0.39, 0.29) is 5.91 Å². The van der Waals surface area contributed by atoms with E-state index in [4.69, 9.17) is 23.7 Å². The van der Waals surface area contributed by atoms with Crippen molar-refractivity contribution < 1.29 is 28.5 Å². The van der Waals surface area contributed by atoms with E-state index >= 15 is 0 Å². The van der Waals surface area contributed by atoms with Gasteiger partial charge in [-0.05, 0) is 25.0 Å². The van der Waals surface area contributed by atoms with Gasteiger partial charge in [-0.2, -0.15) is 0 Å². The van der Waals surface area contributed by atoms with E-state index in [0.29, 0.717) is 76.6 Å². The zero-order chi connectivity index (χ0) is 26.9. The smallest absolute Gasteiger partial charge is 0.253 e. The van der Waals surface area contributed by atoms with Gasteiger partial charge in [-0.25, -0.2) is 0 Å². The van der Waals surface area contributed by atoms with Crippen molar-refractivity contribution in [3.8, 4) is 11.5 Å². The van der Waals surface area contributed by atoms with Crippen molar-refractivity contribution in [3.63, 3.8) is 0 Å². The van der Waals surface area contributed by atoms with Gasteiger partial charge in [-0.3, -0.25) is 9.69 Å². The minimum absolute atomic E-state index is 0.0220. The third kappa shape index (κ3) is 7.77. The fourth-order valence-electron chi connectivity index (χ4n) is 4.79. The summed E-state index contributed by atoms with van der Waals surface area (Å²) in [4.78, 5) is 17.9. The minimum atomic E-state index is -0.508. The summed E-state index contributed by atoms with van der Waals surface area (Å²) in [7, 11) is 0. The zero-order valence-corrected chi connectivity index (χ0v) is 23.1. The van der Waals surface area contributed by atoms with Gasteiger partial charge in [-0.1, -0.05) is 44.2 Å². The van der Waals surface area contributed by atoms with Crippen molar-refractivity contribution in [2.24, 2.45) is 5.92 Å². The molecular weight excluding hydrogens is 484 g/mol. The number of ether oxygens (including phenoxy) is 5. The number of rotatable bonds is 8. The molecule has 3 heterocycles. The summed E-state index contributed by atoms with van der Waals surface area (Å²) in [5.74, 6) is 3.16. The second-order valence-electron chi connectivity index (χ2n) is 10.5. The maximum absolute atomic E-state index is 13.7. The molecule has 4 rings (SSSR count). The van der Waals surface area contributed by atoms with Crippen molar-refractivity contribution in [2.75, 3.05) is 59.2 Å². The molecule has 8 nitrogen and oxygen atoms in total. The summed E-state index contributed by atoms with van der Waals surface area (Å²) in [5.41, 5.74) is 2.12. The van der Waals surface area contributed by atoms with Crippen LogP contribution in [-0.4, -0.2) is 81.0 Å². The van der Waals surface area contributed by atoms with Crippen LogP contribution in [0.15, 0.2) is 54.0 Å². The molecule has 0 aliphatic carbocycles. The Labute approximate surface area is 226 Å². The molecule has 3 aliphatic heterocycles. The highest BCUT2D eigenvalue weighted by Gasteiger charge is 2.31. The Kier molecular flexibility index (Phi) is 10.1. The highest BCUT2D eigenvalue weighted by Crippen LogP contribution is 2.34. The van der Waals surface area contributed by atoms with Crippen LogP contribution in [0.1, 0.15) is 39.2 Å². The Morgan fingerprint density at radius 1 is 1.11 bits per heavy atom. The van der Waals surface area contributed by atoms with E-state index in [1.54, 1.807) is 0 Å². The van der Waals surface area contributed by atoms with Gasteiger partial charge in [0.1, 0.15) is 6.10 Å². The van der Waals surface area contributed by atoms with E-state index in [1.807, 2.05) is 36.1 Å². The van der Waals surface area contributed by atoms with Gasteiger partial charge >= 0.3 is 0 Å². The van der Waals surface area contributed by atoms with Crippen LogP contribution in [-0.2, 0) is 25.5 Å². The zero-order valence-electron chi connectivity index (χ0n) is 23.1. The number of benzene rings is 1. The number of carbonyl (C=O) groups is 1. The molecule has 1 aromatic carbocycles. The Balaban J connectivity index is 1.41. The van der Waals surface area contributed by atoms with Crippen molar-refractivity contribution >= 4 is 5.91 Å². The Morgan fingerprint density at radius 2 is 1.87 bits per heavy atom. The summed E-state index contributed by atoms with van der Waals surface area (Å²) >= 11 is 0. The molecular formula is C30H42N2O6. The minimum Gasteiger partial charge on any atom is -0.490 e. The van der Waals surface area contributed by atoms with Gasteiger partial charge in [0.25, 0.3) is 5.91 Å². The standard InChI is InChI=1S/C30H42N2O6/c1-22(2)18-32(19-23(3)10-11-26-24(4)34-13-6-14-35-26)30(33)28-21-31(12-17-37-28)20-25-8-5-9-27-29(25)38-16-7-15-36-27/h5,8-11,22,28H,4,6-7,12-21H2,1-3H3/b23-10+,26-11+. The molecule has 2 saturated heterocycles. The topological polar surface area (TPSA) is 69.7 Å². The molecule has 1 unspecified atom stereocenters. The Morgan fingerprint density at radius 3 is 2.68 bits per heavy atom. The molecule has 1 aromatic rings. The van der Waals surface area contributed by atoms with Gasteiger partial charge in [0, 0.05) is 51.1 Å². The first-order chi connectivity index (χ1) is 18.4. The summed E-state index contributed by atoms with van der Waals surface area (Å²) in [5, 5.41) is 0. The van der Waals surface area contributed by atoms with E-state index < -0.39 is 6.10 Å². The second kappa shape index (κ2) is 13.7. The van der Waals surface area contributed by atoms with Crippen LogP contribution in [0.4, 0.5) is 0 Å². The van der Waals surface area contributed by atoms with Crippen LogP contribution in [0, 0.1) is 5.92 Å². The third-order valence-corrected chi connectivity index (χ3v) is 6.63. The van der Waals surface area contributed by atoms with Crippen LogP contribution in [0.25, 0.3) is 0 Å². The number of fused-ring (bicyclic) bond motifs is 1. The molecule has 2 fully saturated rings. The largest absolute Gasteiger partial charge is 0.490 e. The van der Waals surface area contributed by atoms with Crippen molar-refractivity contribution in [3.05, 3.63) is 59.6 Å². The lowest BCUT2D eigenvalue weighted by Gasteiger charge is -2.36. The van der Waals surface area contributed by atoms with Gasteiger partial charge in [0.05, 0.1) is 33.0 Å². The monoisotopic (exact) mass is 526 g/mol. The number of hydrogen-bond donors (Lipinski definition) is 0. The molecule has 8 heteroatoms. The highest BCUT2D eigenvalue weighted by molar-refractivity contribution is 5.81. The molecule has 208 valence electrons. The molecule has 0 radical (unpaired) electrons. The highest BCUT2D eigenvalue weighted by atomic mass is 16.5. The lowest BCUT2D eigenvalue weighted by atomic mass is 10.1. The molecule has 0 bridgehead atoms. The predicted molar refractivity (Wildman–Crippen MR) is 146 cm³/mol. The molecule has 0 aromatic heterocycles. The Hall–Kier alpha value is -2.97. The van der Waals surface area contributed by atoms with Crippen molar-refractivity contribution in [1.82, 2.24) is 9.80 Å². The molecule has 38 heavy (non-hydrogen) atoms. The lowest BCUT2D eigenvalue weighted by molar-refractivity contribution is -0.149. The van der Waals surface area contributed by atoms with Crippen LogP contribution < -0.4 is 9.47 Å². The average Bonchev–Trinajstić information content (AvgIpc) is 3.27. The first kappa shape index (κ1) is 28.0. The maximum Gasteiger partial charge on any atom is 0.253 e. The first-order valence-electron chi connectivity index (χ1n) is 13.7. The fraction of sp³-hybridized carbons (Fsp3) is 0.567. The molecule has 3 aliphatic rings. The van der Waals surface area contributed by atoms with Crippen LogP contribution in [0.5, 0.6) is 11.5 Å². The van der Waals surface area contributed by atoms with Gasteiger partial charge < -0.3 is 28.6 Å². The number of carbonyl (C=O) groups excluding carboxylic acids is 1. The van der Waals surface area contributed by atoms with E-state index in [9.17, 15) is 4.79 Å². The predicted octanol–water partition coefficient (Wildman–Crippen LogP) is 4.31. The molecule has 0 spiro atoms. The van der Waals surface area contributed by atoms with Crippen LogP contribution in [0.2, 0.25) is 0 Å². The number of nitrogens with zero attached hydrogens (tertiary/aromatic N) is 2. The molecule has 0 saturated carbocycles. The average molecular weight is 527 g/mol. The molecule has 1 atom stereocenters. The summed E-state index contributed by atoms with van der Waals surface area (Å²) in [6.07, 6.45) is 5.06. The molecule has 0 N–H and O–H groups in total. The van der Waals surface area contributed by atoms with Crippen LogP contribution in [0.3, 0.4) is 0 Å².